The molecular formula is C27H30BN5O3. The van der Waals surface area contributed by atoms with E-state index in [1.165, 1.54) is 0 Å². The zero-order valence-electron chi connectivity index (χ0n) is 21.0. The van der Waals surface area contributed by atoms with E-state index in [2.05, 4.69) is 47.2 Å². The first kappa shape index (κ1) is 23.0. The van der Waals surface area contributed by atoms with E-state index in [0.717, 1.165) is 58.0 Å². The number of aromatic amines is 1. The number of methoxy groups -OCH3 is 1. The van der Waals surface area contributed by atoms with Crippen LogP contribution < -0.4 is 15.9 Å². The lowest BCUT2D eigenvalue weighted by molar-refractivity contribution is -0.0438. The van der Waals surface area contributed by atoms with Crippen molar-refractivity contribution < 1.29 is 14.0 Å². The molecule has 1 aliphatic carbocycles. The van der Waals surface area contributed by atoms with Crippen LogP contribution in [0.4, 0.5) is 5.69 Å². The molecule has 0 radical (unpaired) electrons. The third-order valence-corrected chi connectivity index (χ3v) is 8.10. The molecule has 0 bridgehead atoms. The first-order chi connectivity index (χ1) is 17.3. The summed E-state index contributed by atoms with van der Waals surface area (Å²) in [6.07, 6.45) is 6.45. The molecule has 0 unspecified atom stereocenters. The minimum absolute atomic E-state index is 0.320. The zero-order chi connectivity index (χ0) is 25.1. The minimum atomic E-state index is -0.532. The molecule has 2 aliphatic rings. The van der Waals surface area contributed by atoms with E-state index in [4.69, 9.17) is 19.8 Å². The van der Waals surface area contributed by atoms with Crippen LogP contribution in [0.15, 0.2) is 48.8 Å². The summed E-state index contributed by atoms with van der Waals surface area (Å²) < 4.78 is 19.4. The largest absolute Gasteiger partial charge is 0.498 e. The quantitative estimate of drug-likeness (QED) is 0.406. The second-order valence-electron chi connectivity index (χ2n) is 10.3. The maximum Gasteiger partial charge on any atom is 0.498 e. The van der Waals surface area contributed by atoms with Crippen molar-refractivity contribution in [1.82, 2.24) is 20.4 Å². The highest BCUT2D eigenvalue weighted by Gasteiger charge is 2.63. The molecule has 0 amide bonds. The third-order valence-electron chi connectivity index (χ3n) is 8.10. The summed E-state index contributed by atoms with van der Waals surface area (Å²) in [4.78, 5) is 0. The number of benzene rings is 2. The highest BCUT2D eigenvalue weighted by molar-refractivity contribution is 6.63. The molecule has 2 aromatic carbocycles. The number of rotatable bonds is 5. The molecule has 36 heavy (non-hydrogen) atoms. The minimum Gasteiger partial charge on any atom is -0.497 e. The number of anilines is 1. The fraction of sp³-hybridized carbons (Fsp3) is 0.370. The topological polar surface area (TPSA) is 108 Å². The molecule has 2 fully saturated rings. The Morgan fingerprint density at radius 3 is 2.69 bits per heavy atom. The van der Waals surface area contributed by atoms with Crippen LogP contribution in [-0.4, -0.2) is 45.8 Å². The number of fused-ring (bicyclic) bond motifs is 2. The maximum absolute atomic E-state index is 6.81. The number of nitrogens with two attached hydrogens (primary N) is 1. The molecule has 1 aliphatic heterocycles. The molecular weight excluding hydrogens is 453 g/mol. The summed E-state index contributed by atoms with van der Waals surface area (Å²) in [5.41, 5.74) is 11.3. The third kappa shape index (κ3) is 3.33. The second kappa shape index (κ2) is 8.32. The fourth-order valence-corrected chi connectivity index (χ4v) is 6.19. The van der Waals surface area contributed by atoms with Gasteiger partial charge in [0.25, 0.3) is 0 Å². The van der Waals surface area contributed by atoms with Gasteiger partial charge in [-0.3, -0.25) is 5.10 Å². The zero-order valence-corrected chi connectivity index (χ0v) is 21.0. The van der Waals surface area contributed by atoms with Gasteiger partial charge in [-0.1, -0.05) is 26.0 Å². The van der Waals surface area contributed by atoms with E-state index in [0.29, 0.717) is 17.4 Å². The monoisotopic (exact) mass is 483 g/mol. The number of hydrogen-bond donors (Lipinski definition) is 2. The van der Waals surface area contributed by atoms with Crippen LogP contribution in [-0.2, 0) is 9.31 Å². The van der Waals surface area contributed by atoms with Crippen LogP contribution in [0.25, 0.3) is 33.3 Å². The van der Waals surface area contributed by atoms with Crippen LogP contribution in [0.3, 0.4) is 0 Å². The lowest BCUT2D eigenvalue weighted by atomic mass is 9.75. The Hall–Kier alpha value is -3.43. The van der Waals surface area contributed by atoms with Gasteiger partial charge in [-0.05, 0) is 67.5 Å². The fourth-order valence-electron chi connectivity index (χ4n) is 6.19. The van der Waals surface area contributed by atoms with Gasteiger partial charge in [-0.25, -0.2) is 0 Å². The number of aromatic nitrogens is 4. The normalized spacial score (nSPS) is 23.5. The molecule has 8 nitrogen and oxygen atoms in total. The Bertz CT molecular complexity index is 1440. The Labute approximate surface area is 210 Å². The summed E-state index contributed by atoms with van der Waals surface area (Å²) in [5, 5.41) is 16.6. The predicted molar refractivity (Wildman–Crippen MR) is 141 cm³/mol. The van der Waals surface area contributed by atoms with Gasteiger partial charge in [0.15, 0.2) is 0 Å². The predicted octanol–water partition coefficient (Wildman–Crippen LogP) is 4.36. The van der Waals surface area contributed by atoms with Gasteiger partial charge >= 0.3 is 7.12 Å². The summed E-state index contributed by atoms with van der Waals surface area (Å²) in [7, 11) is 1.15. The molecule has 6 rings (SSSR count). The Balaban J connectivity index is 1.53. The molecule has 2 atom stereocenters. The smallest absolute Gasteiger partial charge is 0.497 e. The SMILES string of the molecule is COc1cc(-c2cc[nH]n2)c(-c2ccc3c(N)cnnc3c2)cc1B1O[C@]2(C(C)C)CCC[C@]2(C)O1. The van der Waals surface area contributed by atoms with Crippen molar-refractivity contribution in [1.29, 1.82) is 0 Å². The van der Waals surface area contributed by atoms with Crippen molar-refractivity contribution in [2.75, 3.05) is 12.8 Å². The Morgan fingerprint density at radius 2 is 1.97 bits per heavy atom. The van der Waals surface area contributed by atoms with Gasteiger partial charge in [0, 0.05) is 22.6 Å². The molecule has 184 valence electrons. The van der Waals surface area contributed by atoms with Crippen molar-refractivity contribution in [3.63, 3.8) is 0 Å². The lowest BCUT2D eigenvalue weighted by Crippen LogP contribution is -2.49. The summed E-state index contributed by atoms with van der Waals surface area (Å²) in [5.74, 6) is 1.03. The van der Waals surface area contributed by atoms with Crippen molar-refractivity contribution in [3.8, 4) is 28.1 Å². The molecule has 4 aromatic rings. The second-order valence-corrected chi connectivity index (χ2v) is 10.3. The van der Waals surface area contributed by atoms with Gasteiger partial charge in [0.05, 0.1) is 41.4 Å². The molecule has 1 saturated heterocycles. The lowest BCUT2D eigenvalue weighted by Gasteiger charge is -2.39. The van der Waals surface area contributed by atoms with Gasteiger partial charge < -0.3 is 19.8 Å². The number of hydrogen-bond acceptors (Lipinski definition) is 7. The van der Waals surface area contributed by atoms with E-state index in [1.807, 2.05) is 36.5 Å². The van der Waals surface area contributed by atoms with Crippen LogP contribution in [0.1, 0.15) is 40.0 Å². The van der Waals surface area contributed by atoms with Crippen LogP contribution in [0, 0.1) is 5.92 Å². The van der Waals surface area contributed by atoms with E-state index in [9.17, 15) is 0 Å². The summed E-state index contributed by atoms with van der Waals surface area (Å²) in [6.45, 7) is 6.64. The highest BCUT2D eigenvalue weighted by Crippen LogP contribution is 2.53. The number of nitrogens with zero attached hydrogens (tertiary/aromatic N) is 3. The van der Waals surface area contributed by atoms with E-state index < -0.39 is 7.12 Å². The molecule has 9 heteroatoms. The van der Waals surface area contributed by atoms with E-state index >= 15 is 0 Å². The van der Waals surface area contributed by atoms with E-state index in [-0.39, 0.29) is 11.2 Å². The molecule has 3 heterocycles. The Kier molecular flexibility index (Phi) is 5.31. The number of H-pyrrole nitrogens is 1. The molecule has 0 spiro atoms. The average molecular weight is 483 g/mol. The molecule has 2 aromatic heterocycles. The van der Waals surface area contributed by atoms with Crippen LogP contribution in [0.5, 0.6) is 5.75 Å². The van der Waals surface area contributed by atoms with Gasteiger partial charge in [-0.15, -0.1) is 0 Å². The number of ether oxygens (including phenoxy) is 1. The molecule has 3 N–H and O–H groups in total. The Morgan fingerprint density at radius 1 is 1.11 bits per heavy atom. The summed E-state index contributed by atoms with van der Waals surface area (Å²) >= 11 is 0. The van der Waals surface area contributed by atoms with Gasteiger partial charge in [0.1, 0.15) is 5.75 Å². The van der Waals surface area contributed by atoms with Crippen molar-refractivity contribution in [2.45, 2.75) is 51.2 Å². The van der Waals surface area contributed by atoms with Crippen molar-refractivity contribution in [2.24, 2.45) is 5.92 Å². The van der Waals surface area contributed by atoms with Crippen molar-refractivity contribution in [3.05, 3.63) is 48.8 Å². The highest BCUT2D eigenvalue weighted by atomic mass is 16.7. The first-order valence-electron chi connectivity index (χ1n) is 12.4. The van der Waals surface area contributed by atoms with E-state index in [1.54, 1.807) is 13.3 Å². The van der Waals surface area contributed by atoms with Gasteiger partial charge in [0.2, 0.25) is 0 Å². The maximum atomic E-state index is 6.81. The average Bonchev–Trinajstić information content (AvgIpc) is 3.57. The number of nitrogen functional groups attached to an aromatic ring is 1. The molecule has 1 saturated carbocycles. The summed E-state index contributed by atoms with van der Waals surface area (Å²) in [6, 6.07) is 12.1. The van der Waals surface area contributed by atoms with Gasteiger partial charge in [-0.2, -0.15) is 15.3 Å². The standard InChI is InChI=1S/C27H30BN5O3/c1-16(2)27-10-5-9-26(27,3)35-28(36-27)21-13-19(20(14-25(21)34-4)23-8-11-30-32-23)17-6-7-18-22(29)15-31-33-24(18)12-17/h6-8,11-16H,5,9-10H2,1-4H3,(H2,29,33)(H,30,32)/t26-,27-/m0/s1. The number of nitrogens with one attached hydrogen (secondary N) is 1. The first-order valence-corrected chi connectivity index (χ1v) is 12.4. The van der Waals surface area contributed by atoms with Crippen molar-refractivity contribution >= 4 is 29.2 Å². The van der Waals surface area contributed by atoms with Crippen LogP contribution >= 0.6 is 0 Å². The van der Waals surface area contributed by atoms with Crippen LogP contribution in [0.2, 0.25) is 0 Å².